The van der Waals surface area contributed by atoms with Crippen molar-refractivity contribution in [2.45, 2.75) is 18.6 Å². The van der Waals surface area contributed by atoms with E-state index in [9.17, 15) is 13.2 Å². The van der Waals surface area contributed by atoms with Crippen molar-refractivity contribution in [1.29, 1.82) is 5.41 Å². The van der Waals surface area contributed by atoms with Gasteiger partial charge in [0.1, 0.15) is 5.84 Å². The Morgan fingerprint density at radius 1 is 1.45 bits per heavy atom. The molecule has 1 heterocycles. The number of nitrogen functional groups attached to an aromatic ring is 1. The molecule has 1 fully saturated rings. The molecule has 0 aliphatic carbocycles. The maximum atomic E-state index is 12.9. The van der Waals surface area contributed by atoms with Gasteiger partial charge in [-0.05, 0) is 24.6 Å². The number of anilines is 1. The Morgan fingerprint density at radius 2 is 2.15 bits per heavy atom. The van der Waals surface area contributed by atoms with Crippen LogP contribution >= 0.6 is 0 Å². The Kier molecular flexibility index (Phi) is 3.89. The number of likely N-dealkylation sites (N-methyl/N-ethyl adjacent to an activating group) is 1. The molecule has 0 saturated carbocycles. The third-order valence-corrected chi connectivity index (χ3v) is 3.46. The summed E-state index contributed by atoms with van der Waals surface area (Å²) < 4.78 is 43.8. The quantitative estimate of drug-likeness (QED) is 0.662. The molecule has 1 unspecified atom stereocenters. The molecule has 4 nitrogen and oxygen atoms in total. The number of nitrogens with two attached hydrogens (primary N) is 1. The summed E-state index contributed by atoms with van der Waals surface area (Å²) >= 11 is 0. The van der Waals surface area contributed by atoms with E-state index >= 15 is 0 Å². The zero-order valence-electron chi connectivity index (χ0n) is 11.0. The Labute approximate surface area is 114 Å². The van der Waals surface area contributed by atoms with Crippen molar-refractivity contribution in [3.8, 4) is 0 Å². The highest BCUT2D eigenvalue weighted by atomic mass is 19.4. The first-order valence-corrected chi connectivity index (χ1v) is 6.17. The van der Waals surface area contributed by atoms with E-state index < -0.39 is 17.6 Å². The highest BCUT2D eigenvalue weighted by molar-refractivity contribution is 5.97. The number of rotatable bonds is 3. The van der Waals surface area contributed by atoms with Gasteiger partial charge >= 0.3 is 6.18 Å². The molecule has 0 bridgehead atoms. The average molecular weight is 287 g/mol. The van der Waals surface area contributed by atoms with Crippen molar-refractivity contribution in [3.63, 3.8) is 0 Å². The largest absolute Gasteiger partial charge is 0.417 e. The highest BCUT2D eigenvalue weighted by Gasteiger charge is 2.34. The Hall–Kier alpha value is -1.76. The molecule has 1 aliphatic heterocycles. The van der Waals surface area contributed by atoms with Crippen LogP contribution < -0.4 is 10.6 Å². The predicted molar refractivity (Wildman–Crippen MR) is 70.1 cm³/mol. The van der Waals surface area contributed by atoms with Gasteiger partial charge in [-0.1, -0.05) is 0 Å². The van der Waals surface area contributed by atoms with Gasteiger partial charge in [-0.3, -0.25) is 5.41 Å². The van der Waals surface area contributed by atoms with Gasteiger partial charge in [-0.15, -0.1) is 0 Å². The normalized spacial score (nSPS) is 19.1. The van der Waals surface area contributed by atoms with Gasteiger partial charge in [0, 0.05) is 24.9 Å². The van der Waals surface area contributed by atoms with Gasteiger partial charge in [-0.25, -0.2) is 0 Å². The van der Waals surface area contributed by atoms with Gasteiger partial charge in [0.2, 0.25) is 0 Å². The molecule has 7 heteroatoms. The zero-order valence-corrected chi connectivity index (χ0v) is 11.0. The van der Waals surface area contributed by atoms with Crippen LogP contribution in [0.15, 0.2) is 18.2 Å². The first-order valence-electron chi connectivity index (χ1n) is 6.17. The topological polar surface area (TPSA) is 62.3 Å². The lowest BCUT2D eigenvalue weighted by atomic mass is 10.0. The number of hydrogen-bond acceptors (Lipinski definition) is 3. The maximum Gasteiger partial charge on any atom is 0.417 e. The number of alkyl halides is 3. The number of ether oxygens (including phenoxy) is 1. The summed E-state index contributed by atoms with van der Waals surface area (Å²) in [7, 11) is 1.80. The molecule has 0 radical (unpaired) electrons. The first kappa shape index (κ1) is 14.6. The smallest absolute Gasteiger partial charge is 0.384 e. The van der Waals surface area contributed by atoms with Crippen LogP contribution in [0.25, 0.3) is 0 Å². The van der Waals surface area contributed by atoms with Crippen LogP contribution in [-0.2, 0) is 10.9 Å². The number of halogens is 3. The van der Waals surface area contributed by atoms with Crippen molar-refractivity contribution in [2.75, 3.05) is 25.2 Å². The lowest BCUT2D eigenvalue weighted by Gasteiger charge is -2.26. The Balaban J connectivity index is 2.37. The Bertz CT molecular complexity index is 510. The second-order valence-electron chi connectivity index (χ2n) is 4.77. The standard InChI is InChI=1S/C13H16F3N3O/c1-19(9-4-5-20-7-9)8-2-3-11(13(14,15)16)10(6-8)12(17)18/h2-3,6,9H,4-5,7H2,1H3,(H3,17,18). The molecule has 2 rings (SSSR count). The van der Waals surface area contributed by atoms with Crippen LogP contribution in [-0.4, -0.2) is 32.1 Å². The number of amidine groups is 1. The van der Waals surface area contributed by atoms with E-state index in [1.54, 1.807) is 7.05 Å². The molecule has 110 valence electrons. The van der Waals surface area contributed by atoms with Crippen LogP contribution in [0.5, 0.6) is 0 Å². The van der Waals surface area contributed by atoms with E-state index in [1.807, 2.05) is 4.90 Å². The monoisotopic (exact) mass is 287 g/mol. The van der Waals surface area contributed by atoms with Crippen LogP contribution in [0.3, 0.4) is 0 Å². The number of nitrogens with one attached hydrogen (secondary N) is 1. The van der Waals surface area contributed by atoms with E-state index in [0.717, 1.165) is 12.5 Å². The van der Waals surface area contributed by atoms with Gasteiger partial charge < -0.3 is 15.4 Å². The molecular formula is C13H16F3N3O. The molecule has 1 atom stereocenters. The van der Waals surface area contributed by atoms with Crippen LogP contribution in [0, 0.1) is 5.41 Å². The van der Waals surface area contributed by atoms with Crippen molar-refractivity contribution >= 4 is 11.5 Å². The van der Waals surface area contributed by atoms with Crippen LogP contribution in [0.4, 0.5) is 18.9 Å². The molecule has 1 aromatic carbocycles. The fourth-order valence-corrected chi connectivity index (χ4v) is 2.26. The second-order valence-corrected chi connectivity index (χ2v) is 4.77. The number of benzene rings is 1. The van der Waals surface area contributed by atoms with E-state index in [-0.39, 0.29) is 11.6 Å². The summed E-state index contributed by atoms with van der Waals surface area (Å²) in [5.41, 5.74) is 4.69. The summed E-state index contributed by atoms with van der Waals surface area (Å²) in [6.45, 7) is 1.20. The zero-order chi connectivity index (χ0) is 14.9. The minimum Gasteiger partial charge on any atom is -0.384 e. The molecule has 1 aromatic rings. The summed E-state index contributed by atoms with van der Waals surface area (Å²) in [6.07, 6.45) is -3.69. The molecule has 3 N–H and O–H groups in total. The molecular weight excluding hydrogens is 271 g/mol. The molecule has 1 aliphatic rings. The maximum absolute atomic E-state index is 12.9. The van der Waals surface area contributed by atoms with Crippen LogP contribution in [0.1, 0.15) is 17.5 Å². The highest BCUT2D eigenvalue weighted by Crippen LogP contribution is 2.34. The summed E-state index contributed by atoms with van der Waals surface area (Å²) in [4.78, 5) is 1.86. The minimum atomic E-state index is -4.52. The van der Waals surface area contributed by atoms with Crippen molar-refractivity contribution in [1.82, 2.24) is 0 Å². The predicted octanol–water partition coefficient (Wildman–Crippen LogP) is 2.21. The minimum absolute atomic E-state index is 0.131. The summed E-state index contributed by atoms with van der Waals surface area (Å²) in [5, 5.41) is 7.34. The van der Waals surface area contributed by atoms with Crippen molar-refractivity contribution in [2.24, 2.45) is 5.73 Å². The van der Waals surface area contributed by atoms with Gasteiger partial charge in [0.15, 0.2) is 0 Å². The summed E-state index contributed by atoms with van der Waals surface area (Å²) in [6, 6.07) is 3.81. The molecule has 20 heavy (non-hydrogen) atoms. The number of hydrogen-bond donors (Lipinski definition) is 2. The average Bonchev–Trinajstić information content (AvgIpc) is 2.89. The fourth-order valence-electron chi connectivity index (χ4n) is 2.26. The molecule has 1 saturated heterocycles. The fraction of sp³-hybridized carbons (Fsp3) is 0.462. The molecule has 0 aromatic heterocycles. The second kappa shape index (κ2) is 5.32. The molecule has 0 spiro atoms. The van der Waals surface area contributed by atoms with Crippen molar-refractivity contribution < 1.29 is 17.9 Å². The third-order valence-electron chi connectivity index (χ3n) is 3.46. The lowest BCUT2D eigenvalue weighted by Crippen LogP contribution is -2.32. The van der Waals surface area contributed by atoms with Crippen molar-refractivity contribution in [3.05, 3.63) is 29.3 Å². The van der Waals surface area contributed by atoms with Crippen LogP contribution in [0.2, 0.25) is 0 Å². The van der Waals surface area contributed by atoms with E-state index in [1.165, 1.54) is 12.1 Å². The lowest BCUT2D eigenvalue weighted by molar-refractivity contribution is -0.137. The first-order chi connectivity index (χ1) is 9.30. The molecule has 0 amide bonds. The Morgan fingerprint density at radius 3 is 2.65 bits per heavy atom. The SMILES string of the molecule is CN(c1ccc(C(F)(F)F)c(C(=N)N)c1)C1CCOC1. The van der Waals surface area contributed by atoms with Gasteiger partial charge in [-0.2, -0.15) is 13.2 Å². The van der Waals surface area contributed by atoms with E-state index in [2.05, 4.69) is 0 Å². The number of nitrogens with zero attached hydrogens (tertiary/aromatic N) is 1. The van der Waals surface area contributed by atoms with Gasteiger partial charge in [0.05, 0.1) is 18.2 Å². The third kappa shape index (κ3) is 2.87. The van der Waals surface area contributed by atoms with E-state index in [4.69, 9.17) is 15.9 Å². The van der Waals surface area contributed by atoms with E-state index in [0.29, 0.717) is 18.9 Å². The van der Waals surface area contributed by atoms with Gasteiger partial charge in [0.25, 0.3) is 0 Å². The summed E-state index contributed by atoms with van der Waals surface area (Å²) in [5.74, 6) is -0.588.